The first-order chi connectivity index (χ1) is 9.97. The van der Waals surface area contributed by atoms with E-state index >= 15 is 0 Å². The maximum atomic E-state index is 7.56. The highest BCUT2D eigenvalue weighted by Gasteiger charge is 2.28. The van der Waals surface area contributed by atoms with Crippen molar-refractivity contribution < 1.29 is 4.74 Å². The SMILES string of the molecule is CCC1(C)CCN(Cc2ccc(C(=N)N)c(OC)c2)CC1. The van der Waals surface area contributed by atoms with Crippen molar-refractivity contribution in [2.75, 3.05) is 20.2 Å². The Morgan fingerprint density at radius 3 is 2.57 bits per heavy atom. The van der Waals surface area contributed by atoms with Crippen LogP contribution in [-0.4, -0.2) is 30.9 Å². The molecule has 0 amide bonds. The van der Waals surface area contributed by atoms with E-state index in [1.807, 2.05) is 18.2 Å². The number of rotatable bonds is 5. The number of hydrogen-bond donors (Lipinski definition) is 2. The molecule has 1 aliphatic rings. The standard InChI is InChI=1S/C17H27N3O/c1-4-17(2)7-9-20(10-8-17)12-13-5-6-14(16(18)19)15(11-13)21-3/h5-6,11H,4,7-10,12H2,1-3H3,(H3,18,19). The molecule has 3 N–H and O–H groups in total. The Balaban J connectivity index is 2.03. The summed E-state index contributed by atoms with van der Waals surface area (Å²) in [6, 6.07) is 5.94. The van der Waals surface area contributed by atoms with Crippen molar-refractivity contribution in [3.8, 4) is 5.75 Å². The van der Waals surface area contributed by atoms with Gasteiger partial charge in [0.05, 0.1) is 12.7 Å². The van der Waals surface area contributed by atoms with Gasteiger partial charge in [-0.2, -0.15) is 0 Å². The fourth-order valence-electron chi connectivity index (χ4n) is 2.92. The number of nitrogens with one attached hydrogen (secondary N) is 1. The molecule has 1 fully saturated rings. The van der Waals surface area contributed by atoms with Gasteiger partial charge in [-0.3, -0.25) is 10.3 Å². The van der Waals surface area contributed by atoms with Gasteiger partial charge < -0.3 is 10.5 Å². The lowest BCUT2D eigenvalue weighted by atomic mass is 9.78. The average molecular weight is 289 g/mol. The van der Waals surface area contributed by atoms with Crippen LogP contribution in [0.1, 0.15) is 44.2 Å². The van der Waals surface area contributed by atoms with Crippen LogP contribution in [0, 0.1) is 10.8 Å². The highest BCUT2D eigenvalue weighted by Crippen LogP contribution is 2.34. The van der Waals surface area contributed by atoms with Gasteiger partial charge in [-0.15, -0.1) is 0 Å². The topological polar surface area (TPSA) is 62.3 Å². The van der Waals surface area contributed by atoms with Gasteiger partial charge in [0.15, 0.2) is 0 Å². The molecule has 0 aliphatic carbocycles. The summed E-state index contributed by atoms with van der Waals surface area (Å²) in [5.74, 6) is 0.741. The number of likely N-dealkylation sites (tertiary alicyclic amines) is 1. The highest BCUT2D eigenvalue weighted by molar-refractivity contribution is 5.97. The Morgan fingerprint density at radius 1 is 1.38 bits per heavy atom. The van der Waals surface area contributed by atoms with Crippen LogP contribution in [0.15, 0.2) is 18.2 Å². The van der Waals surface area contributed by atoms with Gasteiger partial charge in [0.1, 0.15) is 11.6 Å². The molecule has 2 rings (SSSR count). The minimum Gasteiger partial charge on any atom is -0.496 e. The molecule has 116 valence electrons. The third-order valence-electron chi connectivity index (χ3n) is 4.88. The maximum absolute atomic E-state index is 7.56. The fourth-order valence-corrected chi connectivity index (χ4v) is 2.92. The summed E-state index contributed by atoms with van der Waals surface area (Å²) in [4.78, 5) is 2.50. The number of hydrogen-bond acceptors (Lipinski definition) is 3. The summed E-state index contributed by atoms with van der Waals surface area (Å²) in [6.07, 6.45) is 3.81. The Labute approximate surface area is 127 Å². The minimum atomic E-state index is 0.0510. The molecule has 0 saturated carbocycles. The first-order valence-corrected chi connectivity index (χ1v) is 7.71. The Bertz CT molecular complexity index is 505. The van der Waals surface area contributed by atoms with Crippen LogP contribution in [0.5, 0.6) is 5.75 Å². The molecule has 0 radical (unpaired) electrons. The maximum Gasteiger partial charge on any atom is 0.130 e. The number of nitrogens with zero attached hydrogens (tertiary/aromatic N) is 1. The molecule has 0 unspecified atom stereocenters. The number of ether oxygens (including phenoxy) is 1. The van der Waals surface area contributed by atoms with Gasteiger partial charge >= 0.3 is 0 Å². The van der Waals surface area contributed by atoms with E-state index in [0.29, 0.717) is 16.7 Å². The minimum absolute atomic E-state index is 0.0510. The van der Waals surface area contributed by atoms with Crippen molar-refractivity contribution in [1.29, 1.82) is 5.41 Å². The molecule has 0 aromatic heterocycles. The van der Waals surface area contributed by atoms with Gasteiger partial charge in [-0.25, -0.2) is 0 Å². The Morgan fingerprint density at radius 2 is 2.05 bits per heavy atom. The lowest BCUT2D eigenvalue weighted by molar-refractivity contribution is 0.109. The molecule has 21 heavy (non-hydrogen) atoms. The first kappa shape index (κ1) is 15.8. The second kappa shape index (κ2) is 6.48. The van der Waals surface area contributed by atoms with Crippen LogP contribution in [0.2, 0.25) is 0 Å². The molecule has 0 atom stereocenters. The molecular formula is C17H27N3O. The van der Waals surface area contributed by atoms with E-state index in [1.165, 1.54) is 24.8 Å². The quantitative estimate of drug-likeness (QED) is 0.647. The number of amidine groups is 1. The molecule has 1 saturated heterocycles. The summed E-state index contributed by atoms with van der Waals surface area (Å²) in [7, 11) is 1.62. The van der Waals surface area contributed by atoms with Gasteiger partial charge in [0.2, 0.25) is 0 Å². The lowest BCUT2D eigenvalue weighted by Gasteiger charge is -2.39. The predicted molar refractivity (Wildman–Crippen MR) is 86.9 cm³/mol. The van der Waals surface area contributed by atoms with Crippen LogP contribution in [-0.2, 0) is 6.54 Å². The molecule has 1 aromatic carbocycles. The zero-order chi connectivity index (χ0) is 15.5. The summed E-state index contributed by atoms with van der Waals surface area (Å²) in [5, 5.41) is 7.56. The second-order valence-corrected chi connectivity index (χ2v) is 6.39. The van der Waals surface area contributed by atoms with Gasteiger partial charge in [-0.05, 0) is 49.0 Å². The van der Waals surface area contributed by atoms with E-state index in [2.05, 4.69) is 18.7 Å². The predicted octanol–water partition coefficient (Wildman–Crippen LogP) is 2.99. The summed E-state index contributed by atoms with van der Waals surface area (Å²) >= 11 is 0. The van der Waals surface area contributed by atoms with Crippen molar-refractivity contribution in [3.63, 3.8) is 0 Å². The second-order valence-electron chi connectivity index (χ2n) is 6.39. The zero-order valence-corrected chi connectivity index (χ0v) is 13.4. The number of benzene rings is 1. The van der Waals surface area contributed by atoms with E-state index in [9.17, 15) is 0 Å². The largest absolute Gasteiger partial charge is 0.496 e. The molecular weight excluding hydrogens is 262 g/mol. The molecule has 4 heteroatoms. The fraction of sp³-hybridized carbons (Fsp3) is 0.588. The van der Waals surface area contributed by atoms with Crippen molar-refractivity contribution in [2.45, 2.75) is 39.7 Å². The average Bonchev–Trinajstić information content (AvgIpc) is 2.49. The highest BCUT2D eigenvalue weighted by atomic mass is 16.5. The summed E-state index contributed by atoms with van der Waals surface area (Å²) < 4.78 is 5.35. The molecule has 0 spiro atoms. The molecule has 1 heterocycles. The van der Waals surface area contributed by atoms with Gasteiger partial charge in [-0.1, -0.05) is 26.3 Å². The Kier molecular flexibility index (Phi) is 4.88. The van der Waals surface area contributed by atoms with Gasteiger partial charge in [0, 0.05) is 6.54 Å². The summed E-state index contributed by atoms with van der Waals surface area (Å²) in [5.41, 5.74) is 7.97. The third kappa shape index (κ3) is 3.76. The van der Waals surface area contributed by atoms with E-state index < -0.39 is 0 Å². The van der Waals surface area contributed by atoms with Crippen LogP contribution < -0.4 is 10.5 Å². The number of nitrogens with two attached hydrogens (primary N) is 1. The smallest absolute Gasteiger partial charge is 0.130 e. The van der Waals surface area contributed by atoms with E-state index in [4.69, 9.17) is 15.9 Å². The summed E-state index contributed by atoms with van der Waals surface area (Å²) in [6.45, 7) is 7.94. The van der Waals surface area contributed by atoms with E-state index in [-0.39, 0.29) is 5.84 Å². The van der Waals surface area contributed by atoms with Crippen LogP contribution in [0.3, 0.4) is 0 Å². The first-order valence-electron chi connectivity index (χ1n) is 7.71. The van der Waals surface area contributed by atoms with E-state index in [0.717, 1.165) is 19.6 Å². The van der Waals surface area contributed by atoms with Crippen molar-refractivity contribution in [3.05, 3.63) is 29.3 Å². The zero-order valence-electron chi connectivity index (χ0n) is 13.4. The normalized spacial score (nSPS) is 18.4. The number of piperidine rings is 1. The van der Waals surface area contributed by atoms with Crippen molar-refractivity contribution in [1.82, 2.24) is 4.90 Å². The molecule has 4 nitrogen and oxygen atoms in total. The lowest BCUT2D eigenvalue weighted by Crippen LogP contribution is -2.37. The molecule has 1 aliphatic heterocycles. The van der Waals surface area contributed by atoms with Crippen molar-refractivity contribution in [2.24, 2.45) is 11.1 Å². The van der Waals surface area contributed by atoms with Crippen LogP contribution >= 0.6 is 0 Å². The van der Waals surface area contributed by atoms with Crippen LogP contribution in [0.25, 0.3) is 0 Å². The number of nitrogen functional groups attached to an aromatic ring is 1. The third-order valence-corrected chi connectivity index (χ3v) is 4.88. The molecule has 0 bridgehead atoms. The van der Waals surface area contributed by atoms with Crippen molar-refractivity contribution >= 4 is 5.84 Å². The van der Waals surface area contributed by atoms with Crippen LogP contribution in [0.4, 0.5) is 0 Å². The monoisotopic (exact) mass is 289 g/mol. The Hall–Kier alpha value is -1.55. The molecule has 1 aromatic rings. The van der Waals surface area contributed by atoms with E-state index in [1.54, 1.807) is 7.11 Å². The number of methoxy groups -OCH3 is 1. The van der Waals surface area contributed by atoms with Gasteiger partial charge in [0.25, 0.3) is 0 Å².